The molecule has 0 aliphatic carbocycles. The number of hydrogen-bond acceptors (Lipinski definition) is 8. The van der Waals surface area contributed by atoms with Crippen LogP contribution in [0.1, 0.15) is 18.4 Å². The molecule has 1 atom stereocenters. The van der Waals surface area contributed by atoms with Crippen LogP contribution in [-0.4, -0.2) is 52.7 Å². The van der Waals surface area contributed by atoms with Gasteiger partial charge in [-0.25, -0.2) is 18.9 Å². The van der Waals surface area contributed by atoms with Gasteiger partial charge in [-0.1, -0.05) is 30.3 Å². The maximum atomic E-state index is 12.7. The van der Waals surface area contributed by atoms with E-state index in [0.717, 1.165) is 17.0 Å². The average Bonchev–Trinajstić information content (AvgIpc) is 3.53. The highest BCUT2D eigenvalue weighted by molar-refractivity contribution is 5.79. The Balaban J connectivity index is 0.000000258. The maximum absolute atomic E-state index is 12.7. The van der Waals surface area contributed by atoms with Gasteiger partial charge in [-0.2, -0.15) is 5.10 Å². The molecule has 0 radical (unpaired) electrons. The number of anilines is 1. The molecule has 11 nitrogen and oxygen atoms in total. The number of rotatable bonds is 13. The van der Waals surface area contributed by atoms with Gasteiger partial charge in [0.1, 0.15) is 49.4 Å². The highest BCUT2D eigenvalue weighted by Crippen LogP contribution is 2.22. The summed E-state index contributed by atoms with van der Waals surface area (Å²) in [4.78, 5) is 38.2. The van der Waals surface area contributed by atoms with Crippen LogP contribution in [0.4, 0.5) is 14.9 Å². The van der Waals surface area contributed by atoms with Crippen LogP contribution in [0.3, 0.4) is 0 Å². The number of halogens is 1. The number of aldehydes is 1. The number of nitrogens with zero attached hydrogens (tertiary/aromatic N) is 3. The number of carbonyl (C=O) groups excluding carboxylic acids is 3. The molecule has 1 aromatic heterocycles. The number of nitrogens with one attached hydrogen (secondary N) is 3. The Morgan fingerprint density at radius 1 is 1.00 bits per heavy atom. The first-order chi connectivity index (χ1) is 20.4. The Hall–Kier alpha value is -5.26. The summed E-state index contributed by atoms with van der Waals surface area (Å²) < 4.78 is 24.6. The number of benzene rings is 3. The van der Waals surface area contributed by atoms with E-state index in [1.807, 2.05) is 61.6 Å². The van der Waals surface area contributed by atoms with Gasteiger partial charge in [0.25, 0.3) is 0 Å². The molecule has 3 N–H and O–H groups in total. The fourth-order valence-electron chi connectivity index (χ4n) is 3.50. The molecule has 0 saturated heterocycles. The minimum Gasteiger partial charge on any atom is -0.457 e. The summed E-state index contributed by atoms with van der Waals surface area (Å²) in [6, 6.07) is 22.2. The van der Waals surface area contributed by atoms with Crippen molar-refractivity contribution in [3.05, 3.63) is 103 Å². The van der Waals surface area contributed by atoms with Crippen molar-refractivity contribution in [2.75, 3.05) is 18.9 Å². The van der Waals surface area contributed by atoms with Crippen LogP contribution in [0.15, 0.2) is 91.5 Å². The normalized spacial score (nSPS) is 10.8. The van der Waals surface area contributed by atoms with E-state index in [1.54, 1.807) is 12.1 Å². The van der Waals surface area contributed by atoms with E-state index in [9.17, 15) is 18.8 Å². The SMILES string of the molecule is CNc1ccc(Oc2ccc(F)cc2)cc1.O=C[C@H](CCCNC(=O)OCc1ccccc1)NC(=O)Cn1cncn1. The first kappa shape index (κ1) is 31.3. The molecule has 4 rings (SSSR count). The summed E-state index contributed by atoms with van der Waals surface area (Å²) in [6.45, 7) is 0.535. The highest BCUT2D eigenvalue weighted by Gasteiger charge is 2.12. The summed E-state index contributed by atoms with van der Waals surface area (Å²) in [5, 5.41) is 12.0. The molecule has 42 heavy (non-hydrogen) atoms. The molecule has 3 aromatic carbocycles. The predicted molar refractivity (Wildman–Crippen MR) is 154 cm³/mol. The van der Waals surface area contributed by atoms with Crippen molar-refractivity contribution < 1.29 is 28.2 Å². The van der Waals surface area contributed by atoms with E-state index in [-0.39, 0.29) is 24.9 Å². The van der Waals surface area contributed by atoms with E-state index in [1.165, 1.54) is 29.5 Å². The Morgan fingerprint density at radius 3 is 2.31 bits per heavy atom. The number of ether oxygens (including phenoxy) is 2. The van der Waals surface area contributed by atoms with Crippen LogP contribution in [0.2, 0.25) is 0 Å². The molecule has 0 aliphatic heterocycles. The average molecular weight is 577 g/mol. The van der Waals surface area contributed by atoms with Crippen LogP contribution in [-0.2, 0) is 27.5 Å². The molecule has 2 amide bonds. The molecular formula is C30H33FN6O5. The Labute approximate surface area is 243 Å². The molecule has 220 valence electrons. The molecule has 0 unspecified atom stereocenters. The monoisotopic (exact) mass is 576 g/mol. The van der Waals surface area contributed by atoms with Crippen molar-refractivity contribution in [1.82, 2.24) is 25.4 Å². The van der Waals surface area contributed by atoms with Gasteiger partial charge in [-0.3, -0.25) is 4.79 Å². The smallest absolute Gasteiger partial charge is 0.407 e. The van der Waals surface area contributed by atoms with E-state index >= 15 is 0 Å². The van der Waals surface area contributed by atoms with Gasteiger partial charge in [0, 0.05) is 19.3 Å². The minimum atomic E-state index is -0.617. The number of carbonyl (C=O) groups is 3. The van der Waals surface area contributed by atoms with Crippen molar-refractivity contribution in [3.8, 4) is 11.5 Å². The predicted octanol–water partition coefficient (Wildman–Crippen LogP) is 4.33. The van der Waals surface area contributed by atoms with E-state index in [0.29, 0.717) is 31.4 Å². The summed E-state index contributed by atoms with van der Waals surface area (Å²) >= 11 is 0. The van der Waals surface area contributed by atoms with Crippen molar-refractivity contribution in [1.29, 1.82) is 0 Å². The zero-order valence-electron chi connectivity index (χ0n) is 23.1. The summed E-state index contributed by atoms with van der Waals surface area (Å²) in [7, 11) is 1.86. The summed E-state index contributed by atoms with van der Waals surface area (Å²) in [5.74, 6) is 0.755. The van der Waals surface area contributed by atoms with Gasteiger partial charge in [0.15, 0.2) is 0 Å². The second-order valence-corrected chi connectivity index (χ2v) is 8.86. The lowest BCUT2D eigenvalue weighted by Gasteiger charge is -2.13. The molecule has 0 saturated carbocycles. The Bertz CT molecular complexity index is 1350. The van der Waals surface area contributed by atoms with Crippen LogP contribution in [0.5, 0.6) is 11.5 Å². The highest BCUT2D eigenvalue weighted by atomic mass is 19.1. The lowest BCUT2D eigenvalue weighted by atomic mass is 10.2. The zero-order chi connectivity index (χ0) is 30.0. The first-order valence-electron chi connectivity index (χ1n) is 13.2. The fourth-order valence-corrected chi connectivity index (χ4v) is 3.50. The van der Waals surface area contributed by atoms with Crippen LogP contribution >= 0.6 is 0 Å². The van der Waals surface area contributed by atoms with E-state index in [2.05, 4.69) is 26.0 Å². The van der Waals surface area contributed by atoms with E-state index in [4.69, 9.17) is 9.47 Å². The first-order valence-corrected chi connectivity index (χ1v) is 13.2. The third kappa shape index (κ3) is 11.9. The minimum absolute atomic E-state index is 0.00555. The number of aromatic nitrogens is 3. The van der Waals surface area contributed by atoms with Gasteiger partial charge < -0.3 is 30.2 Å². The Morgan fingerprint density at radius 2 is 1.69 bits per heavy atom. The van der Waals surface area contributed by atoms with E-state index < -0.39 is 12.1 Å². The third-order valence-electron chi connectivity index (χ3n) is 5.65. The van der Waals surface area contributed by atoms with Crippen molar-refractivity contribution in [2.45, 2.75) is 32.0 Å². The van der Waals surface area contributed by atoms with Gasteiger partial charge in [-0.15, -0.1) is 0 Å². The van der Waals surface area contributed by atoms with Crippen LogP contribution < -0.4 is 20.7 Å². The van der Waals surface area contributed by atoms with Crippen LogP contribution in [0, 0.1) is 5.82 Å². The number of alkyl carbamates (subject to hydrolysis) is 1. The third-order valence-corrected chi connectivity index (χ3v) is 5.65. The second-order valence-electron chi connectivity index (χ2n) is 8.86. The lowest BCUT2D eigenvalue weighted by Crippen LogP contribution is -2.38. The number of hydrogen-bond donors (Lipinski definition) is 3. The second kappa shape index (κ2) is 17.4. The topological polar surface area (TPSA) is 136 Å². The van der Waals surface area contributed by atoms with Crippen molar-refractivity contribution in [2.24, 2.45) is 0 Å². The molecule has 0 fully saturated rings. The van der Waals surface area contributed by atoms with Crippen molar-refractivity contribution >= 4 is 24.0 Å². The van der Waals surface area contributed by atoms with Gasteiger partial charge in [0.05, 0.1) is 6.04 Å². The molecular weight excluding hydrogens is 543 g/mol. The lowest BCUT2D eigenvalue weighted by molar-refractivity contribution is -0.124. The van der Waals surface area contributed by atoms with Gasteiger partial charge in [-0.05, 0) is 66.9 Å². The maximum Gasteiger partial charge on any atom is 0.407 e. The molecule has 4 aromatic rings. The van der Waals surface area contributed by atoms with Gasteiger partial charge in [0.2, 0.25) is 5.91 Å². The zero-order valence-corrected chi connectivity index (χ0v) is 23.1. The fraction of sp³-hybridized carbons (Fsp3) is 0.233. The van der Waals surface area contributed by atoms with Gasteiger partial charge >= 0.3 is 6.09 Å². The summed E-state index contributed by atoms with van der Waals surface area (Å²) in [6.07, 6.45) is 3.83. The quantitative estimate of drug-likeness (QED) is 0.158. The largest absolute Gasteiger partial charge is 0.457 e. The Kier molecular flexibility index (Phi) is 13.0. The number of amides is 2. The molecule has 12 heteroatoms. The molecule has 0 spiro atoms. The molecule has 0 bridgehead atoms. The standard InChI is InChI=1S/C17H21N5O4.C13H12FNO/c23-10-15(21-16(24)9-22-13-18-12-20-22)7-4-8-19-17(25)26-11-14-5-2-1-3-6-14;1-15-11-4-8-13(9-5-11)16-12-6-2-10(14)3-7-12/h1-3,5-6,10,12-13,15H,4,7-9,11H2,(H,19,25)(H,21,24);2-9,15H,1H3/t15-;/m0./s1. The van der Waals surface area contributed by atoms with Crippen molar-refractivity contribution in [3.63, 3.8) is 0 Å². The molecule has 1 heterocycles. The summed E-state index contributed by atoms with van der Waals surface area (Å²) in [5.41, 5.74) is 1.92. The molecule has 0 aliphatic rings. The van der Waals surface area contributed by atoms with Crippen LogP contribution in [0.25, 0.3) is 0 Å².